The molecule has 0 atom stereocenters. The first-order chi connectivity index (χ1) is 14.0. The standard InChI is InChI=1S/C15H17NO2.C8H11NO2/c1-3-18-15(17)14-9-10-16(12(14)2)11-13-7-5-4-6-8-13;1-3-11-8(10)7-4-5-9-6(7)2/h4-10H,3,11H2,1-2H3;4-5,9H,3H2,1-2H3. The zero-order chi connectivity index (χ0) is 21.2. The van der Waals surface area contributed by atoms with Crippen molar-refractivity contribution in [2.45, 2.75) is 34.2 Å². The molecule has 0 unspecified atom stereocenters. The van der Waals surface area contributed by atoms with Crippen molar-refractivity contribution in [3.8, 4) is 0 Å². The Morgan fingerprint density at radius 1 is 0.897 bits per heavy atom. The van der Waals surface area contributed by atoms with Crippen LogP contribution < -0.4 is 0 Å². The van der Waals surface area contributed by atoms with E-state index in [0.717, 1.165) is 17.9 Å². The van der Waals surface area contributed by atoms with Crippen LogP contribution in [0.1, 0.15) is 51.5 Å². The lowest BCUT2D eigenvalue weighted by molar-refractivity contribution is 0.0516. The Morgan fingerprint density at radius 2 is 1.52 bits per heavy atom. The van der Waals surface area contributed by atoms with Crippen LogP contribution >= 0.6 is 0 Å². The maximum absolute atomic E-state index is 11.7. The summed E-state index contributed by atoms with van der Waals surface area (Å²) in [6, 6.07) is 13.7. The Hall–Kier alpha value is -3.28. The van der Waals surface area contributed by atoms with Gasteiger partial charge in [0.2, 0.25) is 0 Å². The summed E-state index contributed by atoms with van der Waals surface area (Å²) in [6.45, 7) is 8.98. The number of rotatable bonds is 6. The molecule has 0 spiro atoms. The summed E-state index contributed by atoms with van der Waals surface area (Å²) < 4.78 is 11.9. The number of carbonyl (C=O) groups excluding carboxylic acids is 2. The maximum Gasteiger partial charge on any atom is 0.339 e. The van der Waals surface area contributed by atoms with Gasteiger partial charge in [0, 0.05) is 30.3 Å². The lowest BCUT2D eigenvalue weighted by Crippen LogP contribution is -2.07. The van der Waals surface area contributed by atoms with Crippen molar-refractivity contribution >= 4 is 11.9 Å². The number of esters is 2. The molecule has 2 aromatic heterocycles. The molecular weight excluding hydrogens is 368 g/mol. The summed E-state index contributed by atoms with van der Waals surface area (Å²) in [4.78, 5) is 25.7. The third-order valence-electron chi connectivity index (χ3n) is 4.38. The van der Waals surface area contributed by atoms with Gasteiger partial charge < -0.3 is 19.0 Å². The molecule has 29 heavy (non-hydrogen) atoms. The SMILES string of the molecule is CCOC(=O)c1cc[nH]c1C.CCOC(=O)c1ccn(Cc2ccccc2)c1C. The molecule has 0 amide bonds. The van der Waals surface area contributed by atoms with Crippen LogP contribution in [0.5, 0.6) is 0 Å². The Balaban J connectivity index is 0.000000234. The molecule has 1 N–H and O–H groups in total. The number of hydrogen-bond donors (Lipinski definition) is 1. The van der Waals surface area contributed by atoms with Gasteiger partial charge in [0.1, 0.15) is 0 Å². The number of aryl methyl sites for hydroxylation is 1. The quantitative estimate of drug-likeness (QED) is 0.622. The molecule has 6 heteroatoms. The zero-order valence-electron chi connectivity index (χ0n) is 17.4. The zero-order valence-corrected chi connectivity index (χ0v) is 17.4. The predicted molar refractivity (Wildman–Crippen MR) is 112 cm³/mol. The van der Waals surface area contributed by atoms with E-state index in [2.05, 4.69) is 21.7 Å². The summed E-state index contributed by atoms with van der Waals surface area (Å²) in [5.74, 6) is -0.506. The van der Waals surface area contributed by atoms with E-state index in [0.29, 0.717) is 24.3 Å². The van der Waals surface area contributed by atoms with Crippen LogP contribution in [0.25, 0.3) is 0 Å². The number of nitrogens with zero attached hydrogens (tertiary/aromatic N) is 1. The first-order valence-electron chi connectivity index (χ1n) is 9.65. The lowest BCUT2D eigenvalue weighted by atomic mass is 10.2. The minimum Gasteiger partial charge on any atom is -0.462 e. The molecule has 3 rings (SSSR count). The highest BCUT2D eigenvalue weighted by Gasteiger charge is 2.13. The van der Waals surface area contributed by atoms with E-state index >= 15 is 0 Å². The number of nitrogens with one attached hydrogen (secondary N) is 1. The molecule has 154 valence electrons. The van der Waals surface area contributed by atoms with E-state index < -0.39 is 0 Å². The maximum atomic E-state index is 11.7. The molecule has 6 nitrogen and oxygen atoms in total. The van der Waals surface area contributed by atoms with Gasteiger partial charge in [0.15, 0.2) is 0 Å². The van der Waals surface area contributed by atoms with Crippen molar-refractivity contribution in [2.24, 2.45) is 0 Å². The Morgan fingerprint density at radius 3 is 2.07 bits per heavy atom. The van der Waals surface area contributed by atoms with Gasteiger partial charge in [-0.2, -0.15) is 0 Å². The highest BCUT2D eigenvalue weighted by Crippen LogP contribution is 2.14. The van der Waals surface area contributed by atoms with Crippen LogP contribution in [0.4, 0.5) is 0 Å². The van der Waals surface area contributed by atoms with Crippen LogP contribution in [-0.2, 0) is 16.0 Å². The summed E-state index contributed by atoms with van der Waals surface area (Å²) in [6.07, 6.45) is 3.65. The van der Waals surface area contributed by atoms with Gasteiger partial charge in [-0.25, -0.2) is 9.59 Å². The smallest absolute Gasteiger partial charge is 0.339 e. The molecule has 2 heterocycles. The second-order valence-corrected chi connectivity index (χ2v) is 6.39. The van der Waals surface area contributed by atoms with Gasteiger partial charge in [0.25, 0.3) is 0 Å². The van der Waals surface area contributed by atoms with E-state index in [4.69, 9.17) is 9.47 Å². The van der Waals surface area contributed by atoms with Gasteiger partial charge in [-0.15, -0.1) is 0 Å². The van der Waals surface area contributed by atoms with Crippen molar-refractivity contribution in [1.82, 2.24) is 9.55 Å². The Kier molecular flexibility index (Phi) is 8.27. The van der Waals surface area contributed by atoms with Gasteiger partial charge >= 0.3 is 11.9 Å². The first kappa shape index (κ1) is 22.0. The van der Waals surface area contributed by atoms with Crippen LogP contribution in [-0.4, -0.2) is 34.7 Å². The number of ether oxygens (including phenoxy) is 2. The second-order valence-electron chi connectivity index (χ2n) is 6.39. The molecule has 0 aliphatic carbocycles. The fourth-order valence-corrected chi connectivity index (χ4v) is 2.81. The van der Waals surface area contributed by atoms with Gasteiger partial charge in [0.05, 0.1) is 24.3 Å². The normalized spacial score (nSPS) is 10.1. The number of aromatic nitrogens is 2. The molecule has 0 fully saturated rings. The van der Waals surface area contributed by atoms with E-state index in [1.807, 2.05) is 51.2 Å². The second kappa shape index (κ2) is 10.9. The fraction of sp³-hybridized carbons (Fsp3) is 0.304. The topological polar surface area (TPSA) is 73.3 Å². The summed E-state index contributed by atoms with van der Waals surface area (Å²) in [5.41, 5.74) is 4.27. The molecule has 0 aliphatic rings. The summed E-state index contributed by atoms with van der Waals surface area (Å²) in [7, 11) is 0. The van der Waals surface area contributed by atoms with Crippen LogP contribution in [0, 0.1) is 13.8 Å². The molecular formula is C23H28N2O4. The van der Waals surface area contributed by atoms with E-state index in [9.17, 15) is 9.59 Å². The molecule has 0 saturated carbocycles. The highest BCUT2D eigenvalue weighted by molar-refractivity contribution is 5.91. The molecule has 0 aliphatic heterocycles. The molecule has 0 bridgehead atoms. The minimum absolute atomic E-state index is 0.248. The van der Waals surface area contributed by atoms with Gasteiger partial charge in [-0.05, 0) is 45.4 Å². The number of H-pyrrole nitrogens is 1. The molecule has 3 aromatic rings. The molecule has 0 saturated heterocycles. The van der Waals surface area contributed by atoms with Crippen molar-refractivity contribution in [3.63, 3.8) is 0 Å². The van der Waals surface area contributed by atoms with Gasteiger partial charge in [-0.3, -0.25) is 0 Å². The average molecular weight is 396 g/mol. The third kappa shape index (κ3) is 6.10. The number of carbonyl (C=O) groups is 2. The van der Waals surface area contributed by atoms with E-state index in [-0.39, 0.29) is 11.9 Å². The monoisotopic (exact) mass is 396 g/mol. The average Bonchev–Trinajstić information content (AvgIpc) is 3.30. The van der Waals surface area contributed by atoms with Crippen molar-refractivity contribution < 1.29 is 19.1 Å². The molecule has 0 radical (unpaired) electrons. The lowest BCUT2D eigenvalue weighted by Gasteiger charge is -2.07. The third-order valence-corrected chi connectivity index (χ3v) is 4.38. The number of aromatic amines is 1. The number of benzene rings is 1. The van der Waals surface area contributed by atoms with Crippen molar-refractivity contribution in [3.05, 3.63) is 82.9 Å². The number of hydrogen-bond acceptors (Lipinski definition) is 4. The Labute approximate surface area is 171 Å². The van der Waals surface area contributed by atoms with E-state index in [1.165, 1.54) is 5.56 Å². The van der Waals surface area contributed by atoms with Crippen molar-refractivity contribution in [1.29, 1.82) is 0 Å². The summed E-state index contributed by atoms with van der Waals surface area (Å²) >= 11 is 0. The predicted octanol–water partition coefficient (Wildman–Crippen LogP) is 4.52. The summed E-state index contributed by atoms with van der Waals surface area (Å²) in [5, 5.41) is 0. The Bertz CT molecular complexity index is 926. The van der Waals surface area contributed by atoms with Crippen LogP contribution in [0.2, 0.25) is 0 Å². The van der Waals surface area contributed by atoms with E-state index in [1.54, 1.807) is 19.2 Å². The minimum atomic E-state index is -0.258. The highest BCUT2D eigenvalue weighted by atomic mass is 16.5. The van der Waals surface area contributed by atoms with Crippen LogP contribution in [0.15, 0.2) is 54.9 Å². The first-order valence-corrected chi connectivity index (χ1v) is 9.65. The largest absolute Gasteiger partial charge is 0.462 e. The van der Waals surface area contributed by atoms with Gasteiger partial charge in [-0.1, -0.05) is 30.3 Å². The molecule has 1 aromatic carbocycles. The fourth-order valence-electron chi connectivity index (χ4n) is 2.81. The van der Waals surface area contributed by atoms with Crippen LogP contribution in [0.3, 0.4) is 0 Å². The van der Waals surface area contributed by atoms with Crippen molar-refractivity contribution in [2.75, 3.05) is 13.2 Å².